The third-order valence-corrected chi connectivity index (χ3v) is 2.69. The Morgan fingerprint density at radius 3 is 1.94 bits per heavy atom. The quantitative estimate of drug-likeness (QED) is 0.778. The minimum Gasteiger partial charge on any atom is -0.312 e. The van der Waals surface area contributed by atoms with Crippen LogP contribution in [0.3, 0.4) is 0 Å². The first-order chi connectivity index (χ1) is 7.01. The van der Waals surface area contributed by atoms with Crippen LogP contribution in [-0.4, -0.2) is 36.6 Å². The molecule has 1 N–H and O–H groups in total. The molecule has 1 unspecified atom stereocenters. The van der Waals surface area contributed by atoms with Gasteiger partial charge in [0.25, 0.3) is 0 Å². The molecule has 0 amide bonds. The second-order valence-corrected chi connectivity index (χ2v) is 7.29. The van der Waals surface area contributed by atoms with Crippen LogP contribution in [-0.2, 0) is 0 Å². The molecule has 0 saturated heterocycles. The molecule has 0 rings (SSSR count). The second-order valence-electron chi connectivity index (χ2n) is 7.29. The summed E-state index contributed by atoms with van der Waals surface area (Å²) in [6, 6.07) is 0.647. The normalized spacial score (nSPS) is 15.6. The second kappa shape index (κ2) is 6.02. The number of hydrogen-bond acceptors (Lipinski definition) is 2. The fourth-order valence-electron chi connectivity index (χ4n) is 1.78. The summed E-state index contributed by atoms with van der Waals surface area (Å²) in [6.45, 7) is 18.1. The molecule has 0 aliphatic heterocycles. The fraction of sp³-hybridized carbons (Fsp3) is 1.00. The predicted molar refractivity (Wildman–Crippen MR) is 73.9 cm³/mol. The first-order valence-corrected chi connectivity index (χ1v) is 6.46. The van der Waals surface area contributed by atoms with Gasteiger partial charge in [0.1, 0.15) is 0 Å². The van der Waals surface area contributed by atoms with E-state index in [2.05, 4.69) is 65.7 Å². The highest BCUT2D eigenvalue weighted by molar-refractivity contribution is 4.75. The number of nitrogens with zero attached hydrogens (tertiary/aromatic N) is 1. The van der Waals surface area contributed by atoms with E-state index in [0.717, 1.165) is 13.1 Å². The summed E-state index contributed by atoms with van der Waals surface area (Å²) in [4.78, 5) is 2.46. The highest BCUT2D eigenvalue weighted by atomic mass is 15.1. The van der Waals surface area contributed by atoms with E-state index in [0.29, 0.717) is 11.5 Å². The van der Waals surface area contributed by atoms with Crippen LogP contribution < -0.4 is 5.32 Å². The monoisotopic (exact) mass is 228 g/mol. The summed E-state index contributed by atoms with van der Waals surface area (Å²) in [5, 5.41) is 3.54. The topological polar surface area (TPSA) is 15.3 Å². The van der Waals surface area contributed by atoms with Crippen LogP contribution in [0.5, 0.6) is 0 Å². The SMILES string of the molecule is CC(CCNC(C)(C)C)N(C)CC(C)(C)C. The van der Waals surface area contributed by atoms with Gasteiger partial charge in [0.2, 0.25) is 0 Å². The molecule has 0 spiro atoms. The summed E-state index contributed by atoms with van der Waals surface area (Å²) in [5.74, 6) is 0. The molecule has 0 bridgehead atoms. The number of rotatable bonds is 5. The van der Waals surface area contributed by atoms with E-state index < -0.39 is 0 Å². The Morgan fingerprint density at radius 1 is 1.06 bits per heavy atom. The van der Waals surface area contributed by atoms with Crippen molar-refractivity contribution in [2.75, 3.05) is 20.1 Å². The molecule has 0 aromatic rings. The fourth-order valence-corrected chi connectivity index (χ4v) is 1.78. The van der Waals surface area contributed by atoms with Crippen molar-refractivity contribution in [3.8, 4) is 0 Å². The van der Waals surface area contributed by atoms with Gasteiger partial charge < -0.3 is 10.2 Å². The van der Waals surface area contributed by atoms with Crippen molar-refractivity contribution in [3.63, 3.8) is 0 Å². The Bertz CT molecular complexity index is 186. The molecular weight excluding hydrogens is 196 g/mol. The zero-order chi connectivity index (χ0) is 13.0. The maximum absolute atomic E-state index is 3.54. The lowest BCUT2D eigenvalue weighted by Gasteiger charge is -2.32. The predicted octanol–water partition coefficient (Wildman–Crippen LogP) is 3.13. The lowest BCUT2D eigenvalue weighted by molar-refractivity contribution is 0.172. The van der Waals surface area contributed by atoms with Crippen LogP contribution in [0.2, 0.25) is 0 Å². The van der Waals surface area contributed by atoms with Crippen molar-refractivity contribution < 1.29 is 0 Å². The van der Waals surface area contributed by atoms with Crippen LogP contribution in [0.4, 0.5) is 0 Å². The summed E-state index contributed by atoms with van der Waals surface area (Å²) >= 11 is 0. The highest BCUT2D eigenvalue weighted by Gasteiger charge is 2.18. The molecule has 0 fully saturated rings. The van der Waals surface area contributed by atoms with Gasteiger partial charge in [-0.15, -0.1) is 0 Å². The van der Waals surface area contributed by atoms with Gasteiger partial charge in [0, 0.05) is 18.1 Å². The molecule has 1 atom stereocenters. The summed E-state index contributed by atoms with van der Waals surface area (Å²) < 4.78 is 0. The van der Waals surface area contributed by atoms with Crippen molar-refractivity contribution in [2.24, 2.45) is 5.41 Å². The molecular formula is C14H32N2. The van der Waals surface area contributed by atoms with E-state index >= 15 is 0 Å². The number of nitrogens with one attached hydrogen (secondary N) is 1. The molecule has 98 valence electrons. The average Bonchev–Trinajstić information content (AvgIpc) is 1.98. The first kappa shape index (κ1) is 15.9. The van der Waals surface area contributed by atoms with Gasteiger partial charge in [-0.05, 0) is 53.1 Å². The molecule has 0 aliphatic carbocycles. The van der Waals surface area contributed by atoms with Crippen LogP contribution in [0.1, 0.15) is 54.9 Å². The van der Waals surface area contributed by atoms with Crippen molar-refractivity contribution in [2.45, 2.75) is 66.5 Å². The van der Waals surface area contributed by atoms with Gasteiger partial charge in [-0.25, -0.2) is 0 Å². The van der Waals surface area contributed by atoms with Gasteiger partial charge in [-0.1, -0.05) is 20.8 Å². The average molecular weight is 228 g/mol. The Labute approximate surface area is 103 Å². The Hall–Kier alpha value is -0.0800. The van der Waals surface area contributed by atoms with Gasteiger partial charge in [0.15, 0.2) is 0 Å². The van der Waals surface area contributed by atoms with Crippen molar-refractivity contribution in [1.29, 1.82) is 0 Å². The highest BCUT2D eigenvalue weighted by Crippen LogP contribution is 2.16. The Morgan fingerprint density at radius 2 is 1.56 bits per heavy atom. The van der Waals surface area contributed by atoms with Crippen LogP contribution >= 0.6 is 0 Å². The van der Waals surface area contributed by atoms with Gasteiger partial charge in [-0.3, -0.25) is 0 Å². The van der Waals surface area contributed by atoms with E-state index in [-0.39, 0.29) is 5.54 Å². The van der Waals surface area contributed by atoms with E-state index in [4.69, 9.17) is 0 Å². The van der Waals surface area contributed by atoms with E-state index in [9.17, 15) is 0 Å². The van der Waals surface area contributed by atoms with Crippen LogP contribution in [0.15, 0.2) is 0 Å². The van der Waals surface area contributed by atoms with Crippen LogP contribution in [0, 0.1) is 5.41 Å². The minimum absolute atomic E-state index is 0.238. The van der Waals surface area contributed by atoms with E-state index in [1.165, 1.54) is 6.42 Å². The van der Waals surface area contributed by atoms with Crippen molar-refractivity contribution >= 4 is 0 Å². The van der Waals surface area contributed by atoms with E-state index in [1.54, 1.807) is 0 Å². The van der Waals surface area contributed by atoms with Crippen LogP contribution in [0.25, 0.3) is 0 Å². The lowest BCUT2D eigenvalue weighted by atomic mass is 9.95. The Balaban J connectivity index is 3.84. The van der Waals surface area contributed by atoms with Gasteiger partial charge >= 0.3 is 0 Å². The summed E-state index contributed by atoms with van der Waals surface area (Å²) in [5.41, 5.74) is 0.628. The standard InChI is InChI=1S/C14H32N2/c1-12(9-10-15-14(5,6)7)16(8)11-13(2,3)4/h12,15H,9-11H2,1-8H3. The molecule has 0 aromatic carbocycles. The number of hydrogen-bond donors (Lipinski definition) is 1. The largest absolute Gasteiger partial charge is 0.312 e. The molecule has 0 radical (unpaired) electrons. The Kier molecular flexibility index (Phi) is 5.99. The molecule has 0 saturated carbocycles. The zero-order valence-electron chi connectivity index (χ0n) is 12.6. The molecule has 0 aliphatic rings. The molecule has 16 heavy (non-hydrogen) atoms. The first-order valence-electron chi connectivity index (χ1n) is 6.46. The summed E-state index contributed by atoms with van der Waals surface area (Å²) in [7, 11) is 2.23. The molecule has 2 heteroatoms. The molecule has 0 heterocycles. The zero-order valence-corrected chi connectivity index (χ0v) is 12.6. The van der Waals surface area contributed by atoms with Crippen molar-refractivity contribution in [1.82, 2.24) is 10.2 Å². The summed E-state index contributed by atoms with van der Waals surface area (Å²) in [6.07, 6.45) is 1.21. The van der Waals surface area contributed by atoms with Crippen molar-refractivity contribution in [3.05, 3.63) is 0 Å². The smallest absolute Gasteiger partial charge is 0.00965 e. The molecule has 2 nitrogen and oxygen atoms in total. The van der Waals surface area contributed by atoms with E-state index in [1.807, 2.05) is 0 Å². The molecule has 0 aromatic heterocycles. The maximum atomic E-state index is 3.54. The van der Waals surface area contributed by atoms with Gasteiger partial charge in [0.05, 0.1) is 0 Å². The third-order valence-electron chi connectivity index (χ3n) is 2.69. The van der Waals surface area contributed by atoms with Gasteiger partial charge in [-0.2, -0.15) is 0 Å². The minimum atomic E-state index is 0.238. The lowest BCUT2D eigenvalue weighted by Crippen LogP contribution is -2.41. The third kappa shape index (κ3) is 9.17. The maximum Gasteiger partial charge on any atom is 0.00965 e.